The van der Waals surface area contributed by atoms with Crippen molar-refractivity contribution in [3.8, 4) is 34.5 Å². The molecule has 0 unspecified atom stereocenters. The molecule has 0 spiro atoms. The van der Waals surface area contributed by atoms with Crippen LogP contribution >= 0.6 is 0 Å². The fourth-order valence-electron chi connectivity index (χ4n) is 6.88. The van der Waals surface area contributed by atoms with Crippen molar-refractivity contribution < 1.29 is 14.2 Å². The summed E-state index contributed by atoms with van der Waals surface area (Å²) in [5.41, 5.74) is 6.74. The summed E-state index contributed by atoms with van der Waals surface area (Å²) >= 11 is 0. The van der Waals surface area contributed by atoms with E-state index in [1.54, 1.807) is 0 Å². The van der Waals surface area contributed by atoms with E-state index >= 15 is 0 Å². The fraction of sp³-hybridized carbons (Fsp3) is 0.0625. The molecule has 0 saturated carbocycles. The molecular weight excluding hydrogens is 485 g/mol. The van der Waals surface area contributed by atoms with E-state index in [2.05, 4.69) is 78.7 Å². The van der Waals surface area contributed by atoms with Gasteiger partial charge >= 0.3 is 0 Å². The minimum Gasteiger partial charge on any atom is -0.458 e. The molecule has 0 fully saturated rings. The Labute approximate surface area is 222 Å². The van der Waals surface area contributed by atoms with Gasteiger partial charge in [0.1, 0.15) is 42.6 Å². The number of hydrogen-bond donors (Lipinski definition) is 0. The molecule has 4 aliphatic heterocycles. The Balaban J connectivity index is 1.32. The van der Waals surface area contributed by atoms with Gasteiger partial charge in [-0.3, -0.25) is 0 Å². The minimum atomic E-state index is -1.87. The van der Waals surface area contributed by atoms with E-state index in [1.807, 2.05) is 36.4 Å². The summed E-state index contributed by atoms with van der Waals surface area (Å²) in [4.78, 5) is 2.38. The Kier molecular flexibility index (Phi) is 3.75. The normalized spacial score (nSPS) is 15.8. The molecule has 5 aromatic carbocycles. The van der Waals surface area contributed by atoms with E-state index in [0.717, 1.165) is 56.6 Å². The van der Waals surface area contributed by atoms with Crippen molar-refractivity contribution in [2.45, 2.75) is 13.1 Å². The molecule has 0 bridgehead atoms. The third-order valence-corrected chi connectivity index (χ3v) is 12.1. The fourth-order valence-corrected chi connectivity index (χ4v) is 9.87. The smallest absolute Gasteiger partial charge is 0.270 e. The monoisotopic (exact) mass is 507 g/mol. The Morgan fingerprint density at radius 2 is 0.947 bits per heavy atom. The Morgan fingerprint density at radius 1 is 0.526 bits per heavy atom. The average Bonchev–Trinajstić information content (AvgIpc) is 2.93. The molecule has 4 nitrogen and oxygen atoms in total. The quantitative estimate of drug-likeness (QED) is 0.289. The molecule has 9 rings (SSSR count). The van der Waals surface area contributed by atoms with Gasteiger partial charge in [0.25, 0.3) is 6.71 Å². The second kappa shape index (κ2) is 6.91. The van der Waals surface area contributed by atoms with Crippen LogP contribution in [0.3, 0.4) is 0 Å². The van der Waals surface area contributed by atoms with Crippen LogP contribution in [0.4, 0.5) is 17.1 Å². The number of nitrogens with zero attached hydrogens (tertiary/aromatic N) is 1. The standard InChI is InChI=1S/C32H22BNO3Si/c1-38(2)28-15-5-3-9-20(28)34(21-10-4-6-16-29(21)38)19-17-26-32-27(18-19)37-25-14-8-12-23-31(25)33(32)30-22(35-23)11-7-13-24(30)36-26/h3-18H,1-2H3. The molecule has 5 aromatic rings. The average molecular weight is 507 g/mol. The van der Waals surface area contributed by atoms with Crippen molar-refractivity contribution in [1.82, 2.24) is 0 Å². The van der Waals surface area contributed by atoms with Gasteiger partial charge in [-0.1, -0.05) is 61.6 Å². The second-order valence-electron chi connectivity index (χ2n) is 10.9. The topological polar surface area (TPSA) is 30.9 Å². The molecule has 4 aliphatic rings. The summed E-state index contributed by atoms with van der Waals surface area (Å²) in [6, 6.07) is 34.2. The maximum atomic E-state index is 6.62. The second-order valence-corrected chi connectivity index (χ2v) is 15.3. The number of fused-ring (bicyclic) bond motifs is 2. The first-order chi connectivity index (χ1) is 18.6. The molecule has 6 heteroatoms. The highest BCUT2D eigenvalue weighted by atomic mass is 28.3. The Morgan fingerprint density at radius 3 is 1.45 bits per heavy atom. The van der Waals surface area contributed by atoms with Gasteiger partial charge in [-0.15, -0.1) is 0 Å². The third-order valence-electron chi connectivity index (χ3n) is 8.56. The first kappa shape index (κ1) is 20.6. The summed E-state index contributed by atoms with van der Waals surface area (Å²) in [6.07, 6.45) is 0. The van der Waals surface area contributed by atoms with Crippen LogP contribution in [0.15, 0.2) is 97.1 Å². The third kappa shape index (κ3) is 2.46. The lowest BCUT2D eigenvalue weighted by atomic mass is 9.34. The van der Waals surface area contributed by atoms with Crippen molar-refractivity contribution in [3.63, 3.8) is 0 Å². The van der Waals surface area contributed by atoms with E-state index in [9.17, 15) is 0 Å². The molecule has 0 amide bonds. The zero-order chi connectivity index (χ0) is 25.2. The van der Waals surface area contributed by atoms with Gasteiger partial charge in [-0.05, 0) is 46.8 Å². The number of hydrogen-bond acceptors (Lipinski definition) is 4. The molecule has 0 aromatic heterocycles. The van der Waals surface area contributed by atoms with Crippen LogP contribution in [0, 0.1) is 0 Å². The van der Waals surface area contributed by atoms with E-state index < -0.39 is 8.07 Å². The largest absolute Gasteiger partial charge is 0.458 e. The minimum absolute atomic E-state index is 0.0231. The van der Waals surface area contributed by atoms with Gasteiger partial charge in [-0.25, -0.2) is 0 Å². The van der Waals surface area contributed by atoms with Gasteiger partial charge < -0.3 is 19.1 Å². The van der Waals surface area contributed by atoms with Crippen LogP contribution in [-0.2, 0) is 0 Å². The number of para-hydroxylation sites is 2. The maximum absolute atomic E-state index is 6.62. The highest BCUT2D eigenvalue weighted by Crippen LogP contribution is 2.46. The first-order valence-electron chi connectivity index (χ1n) is 13.1. The summed E-state index contributed by atoms with van der Waals surface area (Å²) in [7, 11) is -1.87. The highest BCUT2D eigenvalue weighted by Gasteiger charge is 2.47. The van der Waals surface area contributed by atoms with Crippen molar-refractivity contribution in [1.29, 1.82) is 0 Å². The van der Waals surface area contributed by atoms with E-state index in [0.29, 0.717) is 0 Å². The van der Waals surface area contributed by atoms with Crippen molar-refractivity contribution in [2.75, 3.05) is 4.90 Å². The lowest BCUT2D eigenvalue weighted by Crippen LogP contribution is -2.60. The summed E-state index contributed by atoms with van der Waals surface area (Å²) in [5.74, 6) is 5.08. The SMILES string of the molecule is C[Si]1(C)c2ccccc2N(c2cc3c4c(c2)Oc2cccc5c2B4c2c(cccc2O3)O5)c2ccccc21. The Bertz CT molecular complexity index is 1740. The molecule has 4 heterocycles. The van der Waals surface area contributed by atoms with Crippen LogP contribution in [0.25, 0.3) is 0 Å². The number of ether oxygens (including phenoxy) is 3. The van der Waals surface area contributed by atoms with E-state index in [1.165, 1.54) is 21.7 Å². The number of benzene rings is 5. The van der Waals surface area contributed by atoms with Crippen LogP contribution < -0.4 is 45.9 Å². The van der Waals surface area contributed by atoms with Crippen LogP contribution in [-0.4, -0.2) is 14.8 Å². The summed E-state index contributed by atoms with van der Waals surface area (Å²) < 4.78 is 19.5. The highest BCUT2D eigenvalue weighted by molar-refractivity contribution is 7.03. The van der Waals surface area contributed by atoms with Gasteiger partial charge in [0.2, 0.25) is 0 Å². The molecular formula is C32H22BNO3Si. The molecule has 38 heavy (non-hydrogen) atoms. The summed E-state index contributed by atoms with van der Waals surface area (Å²) in [5, 5.41) is 2.86. The maximum Gasteiger partial charge on any atom is 0.270 e. The molecule has 0 atom stereocenters. The van der Waals surface area contributed by atoms with Crippen LogP contribution in [0.5, 0.6) is 34.5 Å². The molecule has 0 aliphatic carbocycles. The van der Waals surface area contributed by atoms with Crippen molar-refractivity contribution in [3.05, 3.63) is 97.1 Å². The first-order valence-corrected chi connectivity index (χ1v) is 16.1. The molecule has 0 saturated heterocycles. The van der Waals surface area contributed by atoms with Crippen molar-refractivity contribution >= 4 is 58.6 Å². The zero-order valence-corrected chi connectivity index (χ0v) is 22.0. The van der Waals surface area contributed by atoms with Gasteiger partial charge in [-0.2, -0.15) is 0 Å². The lowest BCUT2D eigenvalue weighted by molar-refractivity contribution is 0.443. The van der Waals surface area contributed by atoms with Crippen LogP contribution in [0.2, 0.25) is 13.1 Å². The number of anilines is 3. The molecule has 0 radical (unpaired) electrons. The summed E-state index contributed by atoms with van der Waals surface area (Å²) in [6.45, 7) is 4.91. The van der Waals surface area contributed by atoms with Gasteiger partial charge in [0.05, 0.1) is 5.69 Å². The van der Waals surface area contributed by atoms with Gasteiger partial charge in [0, 0.05) is 39.9 Å². The van der Waals surface area contributed by atoms with Gasteiger partial charge in [0.15, 0.2) is 0 Å². The Hall–Kier alpha value is -4.42. The zero-order valence-electron chi connectivity index (χ0n) is 21.0. The van der Waals surface area contributed by atoms with Crippen LogP contribution in [0.1, 0.15) is 0 Å². The predicted molar refractivity (Wildman–Crippen MR) is 156 cm³/mol. The van der Waals surface area contributed by atoms with E-state index in [-0.39, 0.29) is 6.71 Å². The lowest BCUT2D eigenvalue weighted by Gasteiger charge is -2.42. The van der Waals surface area contributed by atoms with Crippen molar-refractivity contribution in [2.24, 2.45) is 0 Å². The van der Waals surface area contributed by atoms with E-state index in [4.69, 9.17) is 14.2 Å². The predicted octanol–water partition coefficient (Wildman–Crippen LogP) is 5.13. The molecule has 180 valence electrons. The molecule has 0 N–H and O–H groups in total. The number of rotatable bonds is 1.